The summed E-state index contributed by atoms with van der Waals surface area (Å²) in [5.74, 6) is -1.86. The number of carbonyl (C=O) groups is 4. The number of hydrogen-bond acceptors (Lipinski definition) is 7. The van der Waals surface area contributed by atoms with Gasteiger partial charge in [0.15, 0.2) is 0 Å². The minimum Gasteiger partial charge on any atom is -0.465 e. The summed E-state index contributed by atoms with van der Waals surface area (Å²) in [6.45, 7) is 0.846. The van der Waals surface area contributed by atoms with E-state index in [0.29, 0.717) is 17.7 Å². The van der Waals surface area contributed by atoms with Crippen molar-refractivity contribution in [3.63, 3.8) is 0 Å². The number of rotatable bonds is 6. The molecule has 2 aliphatic rings. The molecule has 0 N–H and O–H groups in total. The van der Waals surface area contributed by atoms with Gasteiger partial charge in [0.25, 0.3) is 11.8 Å². The fraction of sp³-hybridized carbons (Fsp3) is 0.304. The quantitative estimate of drug-likeness (QED) is 0.520. The Morgan fingerprint density at radius 3 is 2.39 bits per heavy atom. The number of fused-ring (bicyclic) bond motifs is 1. The van der Waals surface area contributed by atoms with Crippen LogP contribution in [0.3, 0.4) is 0 Å². The van der Waals surface area contributed by atoms with E-state index in [2.05, 4.69) is 4.74 Å². The normalized spacial score (nSPS) is 17.6. The van der Waals surface area contributed by atoms with Crippen LogP contribution in [-0.4, -0.2) is 55.0 Å². The summed E-state index contributed by atoms with van der Waals surface area (Å²) in [5, 5.41) is 0. The van der Waals surface area contributed by atoms with Crippen LogP contribution in [-0.2, 0) is 20.8 Å². The second-order valence-electron chi connectivity index (χ2n) is 7.38. The molecule has 0 bridgehead atoms. The van der Waals surface area contributed by atoms with Gasteiger partial charge in [-0.3, -0.25) is 14.5 Å². The van der Waals surface area contributed by atoms with Crippen molar-refractivity contribution in [1.82, 2.24) is 4.90 Å². The van der Waals surface area contributed by atoms with Crippen molar-refractivity contribution >= 4 is 23.8 Å². The van der Waals surface area contributed by atoms with Crippen LogP contribution >= 0.6 is 0 Å². The van der Waals surface area contributed by atoms with Crippen LogP contribution in [0.1, 0.15) is 59.8 Å². The molecule has 0 aromatic heterocycles. The molecule has 2 aromatic carbocycles. The number of methoxy groups -OCH3 is 1. The monoisotopic (exact) mass is 423 g/mol. The molecule has 2 aromatic rings. The lowest BCUT2D eigenvalue weighted by Crippen LogP contribution is -2.36. The highest BCUT2D eigenvalue weighted by molar-refractivity contribution is 6.22. The average molecular weight is 423 g/mol. The predicted molar refractivity (Wildman–Crippen MR) is 108 cm³/mol. The lowest BCUT2D eigenvalue weighted by atomic mass is 10.1. The zero-order valence-corrected chi connectivity index (χ0v) is 17.0. The van der Waals surface area contributed by atoms with Gasteiger partial charge in [-0.2, -0.15) is 0 Å². The molecule has 0 saturated carbocycles. The molecule has 0 spiro atoms. The van der Waals surface area contributed by atoms with Crippen LogP contribution in [0, 0.1) is 0 Å². The Bertz CT molecular complexity index is 1040. The summed E-state index contributed by atoms with van der Waals surface area (Å²) < 4.78 is 15.5. The van der Waals surface area contributed by atoms with Crippen molar-refractivity contribution < 1.29 is 33.4 Å². The molecule has 8 nitrogen and oxygen atoms in total. The fourth-order valence-corrected chi connectivity index (χ4v) is 3.66. The first-order valence-corrected chi connectivity index (χ1v) is 9.94. The van der Waals surface area contributed by atoms with Gasteiger partial charge >= 0.3 is 11.9 Å². The standard InChI is InChI=1S/C23H21NO7/c1-29-22(27)15-6-4-14(5-7-15)13-31-23(28)16-8-9-18-19(11-16)21(26)24(20(18)25)12-17-3-2-10-30-17/h4-9,11,17H,2-3,10,12-13H2,1H3. The second-order valence-corrected chi connectivity index (χ2v) is 7.38. The largest absolute Gasteiger partial charge is 0.465 e. The van der Waals surface area contributed by atoms with Crippen molar-refractivity contribution in [1.29, 1.82) is 0 Å². The predicted octanol–water partition coefficient (Wildman–Crippen LogP) is 2.61. The molecule has 31 heavy (non-hydrogen) atoms. The first kappa shape index (κ1) is 20.7. The molecule has 8 heteroatoms. The van der Waals surface area contributed by atoms with E-state index in [0.717, 1.165) is 12.8 Å². The van der Waals surface area contributed by atoms with E-state index >= 15 is 0 Å². The Kier molecular flexibility index (Phi) is 5.81. The highest BCUT2D eigenvalue weighted by Gasteiger charge is 2.38. The Hall–Kier alpha value is -3.52. The summed E-state index contributed by atoms with van der Waals surface area (Å²) >= 11 is 0. The van der Waals surface area contributed by atoms with Crippen molar-refractivity contribution in [3.8, 4) is 0 Å². The maximum absolute atomic E-state index is 12.7. The molecule has 2 amide bonds. The first-order valence-electron chi connectivity index (χ1n) is 9.94. The first-order chi connectivity index (χ1) is 15.0. The summed E-state index contributed by atoms with van der Waals surface area (Å²) in [6, 6.07) is 10.8. The lowest BCUT2D eigenvalue weighted by Gasteiger charge is -2.17. The smallest absolute Gasteiger partial charge is 0.338 e. The summed E-state index contributed by atoms with van der Waals surface area (Å²) in [7, 11) is 1.30. The molecule has 0 radical (unpaired) electrons. The second kappa shape index (κ2) is 8.69. The van der Waals surface area contributed by atoms with Gasteiger partial charge < -0.3 is 14.2 Å². The van der Waals surface area contributed by atoms with E-state index < -0.39 is 17.8 Å². The van der Waals surface area contributed by atoms with E-state index in [9.17, 15) is 19.2 Å². The van der Waals surface area contributed by atoms with Gasteiger partial charge in [0.1, 0.15) is 6.61 Å². The van der Waals surface area contributed by atoms with Crippen molar-refractivity contribution in [3.05, 3.63) is 70.3 Å². The minimum atomic E-state index is -0.613. The highest BCUT2D eigenvalue weighted by Crippen LogP contribution is 2.26. The third-order valence-electron chi connectivity index (χ3n) is 5.36. The van der Waals surface area contributed by atoms with Crippen LogP contribution in [0.5, 0.6) is 0 Å². The molecule has 2 heterocycles. The van der Waals surface area contributed by atoms with Crippen LogP contribution in [0.25, 0.3) is 0 Å². The van der Waals surface area contributed by atoms with Gasteiger partial charge in [-0.05, 0) is 48.7 Å². The van der Waals surface area contributed by atoms with Gasteiger partial charge in [0.2, 0.25) is 0 Å². The Labute approximate surface area is 178 Å². The zero-order valence-electron chi connectivity index (χ0n) is 17.0. The maximum atomic E-state index is 12.7. The van der Waals surface area contributed by atoms with E-state index in [1.807, 2.05) is 0 Å². The molecule has 2 aliphatic heterocycles. The molecule has 1 unspecified atom stereocenters. The Morgan fingerprint density at radius 1 is 1.00 bits per heavy atom. The minimum absolute atomic E-state index is 0.00457. The number of esters is 2. The average Bonchev–Trinajstić information content (AvgIpc) is 3.40. The molecular weight excluding hydrogens is 402 g/mol. The lowest BCUT2D eigenvalue weighted by molar-refractivity contribution is 0.0469. The fourth-order valence-electron chi connectivity index (χ4n) is 3.66. The zero-order chi connectivity index (χ0) is 22.0. The molecule has 1 fully saturated rings. The number of carbonyl (C=O) groups excluding carboxylic acids is 4. The van der Waals surface area contributed by atoms with E-state index in [-0.39, 0.29) is 41.9 Å². The topological polar surface area (TPSA) is 99.2 Å². The Balaban J connectivity index is 1.41. The number of imide groups is 1. The van der Waals surface area contributed by atoms with Crippen molar-refractivity contribution in [2.45, 2.75) is 25.6 Å². The third kappa shape index (κ3) is 4.20. The molecule has 4 rings (SSSR count). The molecule has 0 aliphatic carbocycles. The molecular formula is C23H21NO7. The van der Waals surface area contributed by atoms with Gasteiger partial charge in [0, 0.05) is 6.61 Å². The van der Waals surface area contributed by atoms with Crippen molar-refractivity contribution in [2.75, 3.05) is 20.3 Å². The van der Waals surface area contributed by atoms with Gasteiger partial charge in [-0.1, -0.05) is 12.1 Å². The van der Waals surface area contributed by atoms with Crippen LogP contribution in [0.15, 0.2) is 42.5 Å². The summed E-state index contributed by atoms with van der Waals surface area (Å²) in [6.07, 6.45) is 1.58. The third-order valence-corrected chi connectivity index (χ3v) is 5.36. The van der Waals surface area contributed by atoms with E-state index in [1.165, 1.54) is 30.2 Å². The van der Waals surface area contributed by atoms with E-state index in [4.69, 9.17) is 9.47 Å². The van der Waals surface area contributed by atoms with Gasteiger partial charge in [-0.15, -0.1) is 0 Å². The van der Waals surface area contributed by atoms with Gasteiger partial charge in [0.05, 0.1) is 42.0 Å². The number of ether oxygens (including phenoxy) is 3. The van der Waals surface area contributed by atoms with E-state index in [1.54, 1.807) is 24.3 Å². The van der Waals surface area contributed by atoms with Crippen LogP contribution < -0.4 is 0 Å². The van der Waals surface area contributed by atoms with Gasteiger partial charge in [-0.25, -0.2) is 9.59 Å². The van der Waals surface area contributed by atoms with Crippen molar-refractivity contribution in [2.24, 2.45) is 0 Å². The maximum Gasteiger partial charge on any atom is 0.338 e. The highest BCUT2D eigenvalue weighted by atomic mass is 16.5. The number of nitrogens with zero attached hydrogens (tertiary/aromatic N) is 1. The summed E-state index contributed by atoms with van der Waals surface area (Å²) in [5.41, 5.74) is 1.74. The van der Waals surface area contributed by atoms with Crippen LogP contribution in [0.2, 0.25) is 0 Å². The number of amides is 2. The number of hydrogen-bond donors (Lipinski definition) is 0. The molecule has 1 atom stereocenters. The van der Waals surface area contributed by atoms with Crippen LogP contribution in [0.4, 0.5) is 0 Å². The number of benzene rings is 2. The summed E-state index contributed by atoms with van der Waals surface area (Å²) in [4.78, 5) is 50.4. The molecule has 1 saturated heterocycles. The SMILES string of the molecule is COC(=O)c1ccc(COC(=O)c2ccc3c(c2)C(=O)N(CC2CCCO2)C3=O)cc1. The molecule has 160 valence electrons. The Morgan fingerprint density at radius 2 is 1.71 bits per heavy atom.